The maximum atomic E-state index is 13.9. The summed E-state index contributed by atoms with van der Waals surface area (Å²) < 4.78 is 41.0. The third-order valence-electron chi connectivity index (χ3n) is 4.21. The molecule has 0 radical (unpaired) electrons. The standard InChI is InChI=1S/C15H23FN2O2S/c1-3-15(7-8-15)11-18-21(19,20)14-9-12(10-17-4-2)5-6-13(14)16/h5-6,9,17-18H,3-4,7-8,10-11H2,1-2H3. The molecule has 0 saturated heterocycles. The summed E-state index contributed by atoms with van der Waals surface area (Å²) >= 11 is 0. The van der Waals surface area contributed by atoms with E-state index in [9.17, 15) is 12.8 Å². The number of sulfonamides is 1. The van der Waals surface area contributed by atoms with Crippen molar-refractivity contribution in [3.8, 4) is 0 Å². The van der Waals surface area contributed by atoms with Gasteiger partial charge in [0.25, 0.3) is 0 Å². The lowest BCUT2D eigenvalue weighted by Gasteiger charge is -2.14. The molecular formula is C15H23FN2O2S. The summed E-state index contributed by atoms with van der Waals surface area (Å²) in [6.45, 7) is 5.71. The van der Waals surface area contributed by atoms with E-state index in [1.54, 1.807) is 6.07 Å². The zero-order chi connectivity index (χ0) is 15.5. The van der Waals surface area contributed by atoms with Crippen LogP contribution >= 0.6 is 0 Å². The topological polar surface area (TPSA) is 58.2 Å². The maximum absolute atomic E-state index is 13.9. The predicted octanol–water partition coefficient (Wildman–Crippen LogP) is 2.40. The Morgan fingerprint density at radius 2 is 2.00 bits per heavy atom. The number of nitrogens with one attached hydrogen (secondary N) is 2. The van der Waals surface area contributed by atoms with Gasteiger partial charge in [-0.25, -0.2) is 17.5 Å². The van der Waals surface area contributed by atoms with Crippen molar-refractivity contribution in [2.75, 3.05) is 13.1 Å². The molecule has 6 heteroatoms. The predicted molar refractivity (Wildman–Crippen MR) is 80.9 cm³/mol. The summed E-state index contributed by atoms with van der Waals surface area (Å²) in [7, 11) is -3.79. The Morgan fingerprint density at radius 3 is 2.57 bits per heavy atom. The first-order valence-electron chi connectivity index (χ1n) is 7.41. The molecule has 4 nitrogen and oxygen atoms in total. The van der Waals surface area contributed by atoms with Crippen molar-refractivity contribution in [2.45, 2.75) is 44.6 Å². The molecule has 2 rings (SSSR count). The van der Waals surface area contributed by atoms with Crippen molar-refractivity contribution in [1.29, 1.82) is 0 Å². The summed E-state index contributed by atoms with van der Waals surface area (Å²) in [5.41, 5.74) is 0.848. The number of halogens is 1. The molecule has 1 fully saturated rings. The zero-order valence-corrected chi connectivity index (χ0v) is 13.4. The molecule has 2 N–H and O–H groups in total. The van der Waals surface area contributed by atoms with Crippen LogP contribution in [0.3, 0.4) is 0 Å². The number of hydrogen-bond acceptors (Lipinski definition) is 3. The molecule has 0 atom stereocenters. The van der Waals surface area contributed by atoms with Crippen LogP contribution in [0.5, 0.6) is 0 Å². The Labute approximate surface area is 126 Å². The van der Waals surface area contributed by atoms with Gasteiger partial charge in [0, 0.05) is 13.1 Å². The van der Waals surface area contributed by atoms with Gasteiger partial charge in [-0.15, -0.1) is 0 Å². The Balaban J connectivity index is 2.14. The van der Waals surface area contributed by atoms with Gasteiger partial charge >= 0.3 is 0 Å². The van der Waals surface area contributed by atoms with Crippen molar-refractivity contribution < 1.29 is 12.8 Å². The third kappa shape index (κ3) is 4.02. The SMILES string of the molecule is CCNCc1ccc(F)c(S(=O)(=O)NCC2(CC)CC2)c1. The van der Waals surface area contributed by atoms with Crippen molar-refractivity contribution >= 4 is 10.0 Å². The number of rotatable bonds is 8. The quantitative estimate of drug-likeness (QED) is 0.775. The largest absolute Gasteiger partial charge is 0.313 e. The van der Waals surface area contributed by atoms with E-state index in [-0.39, 0.29) is 10.3 Å². The van der Waals surface area contributed by atoms with Crippen molar-refractivity contribution in [3.63, 3.8) is 0 Å². The van der Waals surface area contributed by atoms with Crippen LogP contribution in [0.15, 0.2) is 23.1 Å². The molecule has 118 valence electrons. The minimum Gasteiger partial charge on any atom is -0.313 e. The lowest BCUT2D eigenvalue weighted by molar-refractivity contribution is 0.473. The normalized spacial score (nSPS) is 16.9. The molecule has 0 unspecified atom stereocenters. The Morgan fingerprint density at radius 1 is 1.29 bits per heavy atom. The Hall–Kier alpha value is -0.980. The number of benzene rings is 1. The zero-order valence-electron chi connectivity index (χ0n) is 12.6. The van der Waals surface area contributed by atoms with Crippen LogP contribution < -0.4 is 10.0 Å². The second-order valence-corrected chi connectivity index (χ2v) is 7.46. The maximum Gasteiger partial charge on any atom is 0.243 e. The van der Waals surface area contributed by atoms with Crippen LogP contribution in [0.1, 0.15) is 38.7 Å². The molecule has 0 heterocycles. The highest BCUT2D eigenvalue weighted by atomic mass is 32.2. The molecule has 0 aliphatic heterocycles. The van der Waals surface area contributed by atoms with E-state index < -0.39 is 15.8 Å². The molecule has 0 amide bonds. The lowest BCUT2D eigenvalue weighted by Crippen LogP contribution is -2.30. The first-order chi connectivity index (χ1) is 9.92. The minimum absolute atomic E-state index is 0.0882. The lowest BCUT2D eigenvalue weighted by atomic mass is 10.1. The molecule has 1 aromatic rings. The van der Waals surface area contributed by atoms with Gasteiger partial charge in [-0.3, -0.25) is 0 Å². The molecule has 1 aliphatic carbocycles. The van der Waals surface area contributed by atoms with E-state index >= 15 is 0 Å². The second kappa shape index (κ2) is 6.42. The van der Waals surface area contributed by atoms with E-state index in [1.165, 1.54) is 12.1 Å². The van der Waals surface area contributed by atoms with Crippen molar-refractivity contribution in [3.05, 3.63) is 29.6 Å². The van der Waals surface area contributed by atoms with Gasteiger partial charge in [0.2, 0.25) is 10.0 Å². The number of hydrogen-bond donors (Lipinski definition) is 2. The van der Waals surface area contributed by atoms with Gasteiger partial charge in [-0.2, -0.15) is 0 Å². The summed E-state index contributed by atoms with van der Waals surface area (Å²) in [5.74, 6) is -0.705. The minimum atomic E-state index is -3.79. The van der Waals surface area contributed by atoms with Gasteiger partial charge in [-0.05, 0) is 48.9 Å². The molecule has 1 aliphatic rings. The van der Waals surface area contributed by atoms with E-state index in [0.29, 0.717) is 13.1 Å². The van der Waals surface area contributed by atoms with Crippen molar-refractivity contribution in [1.82, 2.24) is 10.0 Å². The van der Waals surface area contributed by atoms with E-state index in [2.05, 4.69) is 17.0 Å². The average molecular weight is 314 g/mol. The van der Waals surface area contributed by atoms with Gasteiger partial charge in [-0.1, -0.05) is 19.9 Å². The Bertz CT molecular complexity index is 598. The fourth-order valence-corrected chi connectivity index (χ4v) is 3.57. The van der Waals surface area contributed by atoms with Crippen molar-refractivity contribution in [2.24, 2.45) is 5.41 Å². The van der Waals surface area contributed by atoms with Crippen LogP contribution in [0.25, 0.3) is 0 Å². The average Bonchev–Trinajstić information content (AvgIpc) is 3.25. The highest BCUT2D eigenvalue weighted by molar-refractivity contribution is 7.89. The highest BCUT2D eigenvalue weighted by Gasteiger charge is 2.41. The van der Waals surface area contributed by atoms with Gasteiger partial charge in [0.05, 0.1) is 0 Å². The first-order valence-corrected chi connectivity index (χ1v) is 8.89. The van der Waals surface area contributed by atoms with Gasteiger partial charge in [0.1, 0.15) is 10.7 Å². The van der Waals surface area contributed by atoms with Crippen LogP contribution in [0.2, 0.25) is 0 Å². The van der Waals surface area contributed by atoms with E-state index in [4.69, 9.17) is 0 Å². The van der Waals surface area contributed by atoms with Crippen LogP contribution in [-0.2, 0) is 16.6 Å². The fourth-order valence-electron chi connectivity index (χ4n) is 2.29. The summed E-state index contributed by atoms with van der Waals surface area (Å²) in [6.07, 6.45) is 3.02. The molecular weight excluding hydrogens is 291 g/mol. The van der Waals surface area contributed by atoms with Gasteiger partial charge < -0.3 is 5.32 Å². The molecule has 1 saturated carbocycles. The van der Waals surface area contributed by atoms with Crippen LogP contribution in [0, 0.1) is 11.2 Å². The monoisotopic (exact) mass is 314 g/mol. The molecule has 1 aromatic carbocycles. The van der Waals surface area contributed by atoms with Crippen LogP contribution in [0.4, 0.5) is 4.39 Å². The molecule has 21 heavy (non-hydrogen) atoms. The fraction of sp³-hybridized carbons (Fsp3) is 0.600. The molecule has 0 bridgehead atoms. The summed E-state index contributed by atoms with van der Waals surface area (Å²) in [6, 6.07) is 4.23. The molecule has 0 spiro atoms. The smallest absolute Gasteiger partial charge is 0.243 e. The summed E-state index contributed by atoms with van der Waals surface area (Å²) in [4.78, 5) is -0.259. The van der Waals surface area contributed by atoms with Crippen LogP contribution in [-0.4, -0.2) is 21.5 Å². The Kier molecular flexibility index (Phi) is 5.01. The van der Waals surface area contributed by atoms with Gasteiger partial charge in [0.15, 0.2) is 0 Å². The second-order valence-electron chi connectivity index (χ2n) is 5.72. The first kappa shape index (κ1) is 16.4. The van der Waals surface area contributed by atoms with E-state index in [1.807, 2.05) is 6.92 Å². The third-order valence-corrected chi connectivity index (χ3v) is 5.62. The molecule has 0 aromatic heterocycles. The van der Waals surface area contributed by atoms with E-state index in [0.717, 1.165) is 31.4 Å². The summed E-state index contributed by atoms with van der Waals surface area (Å²) in [5, 5.41) is 3.10. The highest BCUT2D eigenvalue weighted by Crippen LogP contribution is 2.48.